The van der Waals surface area contributed by atoms with Crippen molar-refractivity contribution in [1.82, 2.24) is 5.32 Å². The SMILES string of the molecule is CNC(CO)(c1cccc(OCOC)c1)c1cccc(OCOC)c1. The van der Waals surface area contributed by atoms with Gasteiger partial charge in [-0.1, -0.05) is 24.3 Å². The summed E-state index contributed by atoms with van der Waals surface area (Å²) in [5.74, 6) is 1.33. The van der Waals surface area contributed by atoms with Crippen molar-refractivity contribution in [3.8, 4) is 11.5 Å². The van der Waals surface area contributed by atoms with Gasteiger partial charge in [0.2, 0.25) is 0 Å². The fourth-order valence-corrected chi connectivity index (χ4v) is 2.67. The van der Waals surface area contributed by atoms with Crippen LogP contribution in [-0.2, 0) is 15.0 Å². The molecule has 0 bridgehead atoms. The second kappa shape index (κ2) is 9.39. The number of nitrogens with one attached hydrogen (secondary N) is 1. The standard InChI is InChI=1S/C19H25NO5/c1-20-19(12-21,15-6-4-8-17(10-15)24-13-22-2)16-7-5-9-18(11-16)25-14-23-3/h4-11,20-21H,12-14H2,1-3H3. The van der Waals surface area contributed by atoms with E-state index in [4.69, 9.17) is 18.9 Å². The second-order valence-corrected chi connectivity index (χ2v) is 5.47. The Bertz CT molecular complexity index is 604. The number of methoxy groups -OCH3 is 2. The van der Waals surface area contributed by atoms with Crippen molar-refractivity contribution in [3.05, 3.63) is 59.7 Å². The molecule has 2 aromatic rings. The summed E-state index contributed by atoms with van der Waals surface area (Å²) in [5.41, 5.74) is 0.948. The van der Waals surface area contributed by atoms with E-state index in [1.807, 2.05) is 55.6 Å². The summed E-state index contributed by atoms with van der Waals surface area (Å²) in [5, 5.41) is 13.5. The molecule has 0 saturated carbocycles. The molecule has 6 heteroatoms. The van der Waals surface area contributed by atoms with Crippen LogP contribution in [0.1, 0.15) is 11.1 Å². The molecule has 2 N–H and O–H groups in total. The molecule has 0 aliphatic rings. The average molecular weight is 347 g/mol. The third-order valence-electron chi connectivity index (χ3n) is 4.00. The number of aliphatic hydroxyl groups excluding tert-OH is 1. The Morgan fingerprint density at radius 3 is 1.72 bits per heavy atom. The van der Waals surface area contributed by atoms with Crippen molar-refractivity contribution in [3.63, 3.8) is 0 Å². The average Bonchev–Trinajstić information content (AvgIpc) is 2.67. The van der Waals surface area contributed by atoms with E-state index < -0.39 is 5.54 Å². The van der Waals surface area contributed by atoms with Gasteiger partial charge in [0.15, 0.2) is 13.6 Å². The van der Waals surface area contributed by atoms with Crippen LogP contribution in [0.15, 0.2) is 48.5 Å². The molecule has 0 unspecified atom stereocenters. The van der Waals surface area contributed by atoms with Crippen LogP contribution in [-0.4, -0.2) is 46.6 Å². The minimum absolute atomic E-state index is 0.134. The summed E-state index contributed by atoms with van der Waals surface area (Å²) in [4.78, 5) is 0. The van der Waals surface area contributed by atoms with Crippen LogP contribution in [0.4, 0.5) is 0 Å². The molecular weight excluding hydrogens is 322 g/mol. The highest BCUT2D eigenvalue weighted by Gasteiger charge is 2.32. The van der Waals surface area contributed by atoms with Gasteiger partial charge in [0.05, 0.1) is 12.1 Å². The fourth-order valence-electron chi connectivity index (χ4n) is 2.67. The first-order chi connectivity index (χ1) is 12.2. The molecule has 0 amide bonds. The van der Waals surface area contributed by atoms with Crippen molar-refractivity contribution in [1.29, 1.82) is 0 Å². The highest BCUT2D eigenvalue weighted by atomic mass is 16.7. The van der Waals surface area contributed by atoms with Gasteiger partial charge in [0, 0.05) is 14.2 Å². The first kappa shape index (κ1) is 19.2. The van der Waals surface area contributed by atoms with E-state index in [9.17, 15) is 5.11 Å². The Hall–Kier alpha value is -2.12. The monoisotopic (exact) mass is 347 g/mol. The van der Waals surface area contributed by atoms with E-state index in [1.165, 1.54) is 0 Å². The molecule has 0 spiro atoms. The predicted octanol–water partition coefficient (Wildman–Crippen LogP) is 2.11. The van der Waals surface area contributed by atoms with Gasteiger partial charge in [-0.2, -0.15) is 0 Å². The zero-order chi connectivity index (χ0) is 18.1. The summed E-state index contributed by atoms with van der Waals surface area (Å²) in [6.45, 7) is 0.190. The lowest BCUT2D eigenvalue weighted by Gasteiger charge is -2.33. The highest BCUT2D eigenvalue weighted by Crippen LogP contribution is 2.33. The van der Waals surface area contributed by atoms with Crippen LogP contribution in [0.25, 0.3) is 0 Å². The molecule has 6 nitrogen and oxygen atoms in total. The summed E-state index contributed by atoms with van der Waals surface area (Å²) in [7, 11) is 4.95. The zero-order valence-electron chi connectivity index (χ0n) is 14.8. The predicted molar refractivity (Wildman–Crippen MR) is 94.8 cm³/mol. The Kier molecular flexibility index (Phi) is 7.21. The largest absolute Gasteiger partial charge is 0.468 e. The van der Waals surface area contributed by atoms with E-state index >= 15 is 0 Å². The van der Waals surface area contributed by atoms with Crippen molar-refractivity contribution in [2.75, 3.05) is 41.5 Å². The Morgan fingerprint density at radius 1 is 0.880 bits per heavy atom. The topological polar surface area (TPSA) is 69.2 Å². The maximum atomic E-state index is 10.2. The molecular formula is C19H25NO5. The molecule has 0 atom stereocenters. The van der Waals surface area contributed by atoms with Crippen molar-refractivity contribution in [2.45, 2.75) is 5.54 Å². The molecule has 2 rings (SSSR count). The molecule has 0 fully saturated rings. The van der Waals surface area contributed by atoms with Gasteiger partial charge in [-0.15, -0.1) is 0 Å². The third-order valence-corrected chi connectivity index (χ3v) is 4.00. The Balaban J connectivity index is 2.41. The van der Waals surface area contributed by atoms with Crippen LogP contribution in [0.2, 0.25) is 0 Å². The van der Waals surface area contributed by atoms with Gasteiger partial charge in [-0.05, 0) is 42.4 Å². The summed E-state index contributed by atoms with van der Waals surface area (Å²) in [6.07, 6.45) is 0. The molecule has 0 aliphatic carbocycles. The van der Waals surface area contributed by atoms with Gasteiger partial charge >= 0.3 is 0 Å². The first-order valence-electron chi connectivity index (χ1n) is 7.94. The first-order valence-corrected chi connectivity index (χ1v) is 7.94. The number of rotatable bonds is 10. The van der Waals surface area contributed by atoms with Crippen molar-refractivity contribution >= 4 is 0 Å². The normalized spacial score (nSPS) is 11.4. The number of benzene rings is 2. The lowest BCUT2D eigenvalue weighted by molar-refractivity contribution is 0.0509. The zero-order valence-corrected chi connectivity index (χ0v) is 14.8. The van der Waals surface area contributed by atoms with E-state index in [0.29, 0.717) is 11.5 Å². The highest BCUT2D eigenvalue weighted by molar-refractivity contribution is 5.44. The number of hydrogen-bond donors (Lipinski definition) is 2. The second-order valence-electron chi connectivity index (χ2n) is 5.47. The Morgan fingerprint density at radius 2 is 1.36 bits per heavy atom. The molecule has 2 aromatic carbocycles. The van der Waals surface area contributed by atoms with E-state index in [-0.39, 0.29) is 20.2 Å². The smallest absolute Gasteiger partial charge is 0.188 e. The van der Waals surface area contributed by atoms with Gasteiger partial charge in [-0.25, -0.2) is 0 Å². The van der Waals surface area contributed by atoms with Crippen LogP contribution in [0.5, 0.6) is 11.5 Å². The number of aliphatic hydroxyl groups is 1. The van der Waals surface area contributed by atoms with Crippen LogP contribution < -0.4 is 14.8 Å². The maximum absolute atomic E-state index is 10.2. The molecule has 136 valence electrons. The molecule has 0 aromatic heterocycles. The lowest BCUT2D eigenvalue weighted by Crippen LogP contribution is -2.44. The summed E-state index contributed by atoms with van der Waals surface area (Å²) in [6, 6.07) is 15.1. The summed E-state index contributed by atoms with van der Waals surface area (Å²) >= 11 is 0. The van der Waals surface area contributed by atoms with Crippen molar-refractivity contribution in [2.24, 2.45) is 0 Å². The van der Waals surface area contributed by atoms with Crippen LogP contribution >= 0.6 is 0 Å². The minimum atomic E-state index is -0.793. The molecule has 25 heavy (non-hydrogen) atoms. The number of hydrogen-bond acceptors (Lipinski definition) is 6. The van der Waals surface area contributed by atoms with E-state index in [1.54, 1.807) is 14.2 Å². The van der Waals surface area contributed by atoms with Gasteiger partial charge in [-0.3, -0.25) is 0 Å². The quantitative estimate of drug-likeness (QED) is 0.642. The molecule has 0 aliphatic heterocycles. The maximum Gasteiger partial charge on any atom is 0.188 e. The van der Waals surface area contributed by atoms with Crippen LogP contribution in [0.3, 0.4) is 0 Å². The van der Waals surface area contributed by atoms with Crippen molar-refractivity contribution < 1.29 is 24.1 Å². The van der Waals surface area contributed by atoms with Crippen LogP contribution in [0, 0.1) is 0 Å². The Labute approximate surface area is 148 Å². The number of ether oxygens (including phenoxy) is 4. The number of likely N-dealkylation sites (N-methyl/N-ethyl adjacent to an activating group) is 1. The molecule has 0 saturated heterocycles. The third kappa shape index (κ3) is 4.49. The lowest BCUT2D eigenvalue weighted by atomic mass is 9.83. The minimum Gasteiger partial charge on any atom is -0.468 e. The molecule has 0 heterocycles. The summed E-state index contributed by atoms with van der Waals surface area (Å²) < 4.78 is 20.9. The van der Waals surface area contributed by atoms with Gasteiger partial charge in [0.25, 0.3) is 0 Å². The van der Waals surface area contributed by atoms with E-state index in [2.05, 4.69) is 5.32 Å². The van der Waals surface area contributed by atoms with E-state index in [0.717, 1.165) is 11.1 Å². The molecule has 0 radical (unpaired) electrons. The fraction of sp³-hybridized carbons (Fsp3) is 0.368. The van der Waals surface area contributed by atoms with Gasteiger partial charge in [0.1, 0.15) is 11.5 Å². The van der Waals surface area contributed by atoms with Gasteiger partial charge < -0.3 is 29.4 Å².